The Morgan fingerprint density at radius 3 is 2.39 bits per heavy atom. The number of rotatable bonds is 7. The third-order valence-electron chi connectivity index (χ3n) is 5.46. The number of amides is 1. The number of halogens is 5. The average Bonchev–Trinajstić information content (AvgIpc) is 3.49. The van der Waals surface area contributed by atoms with Gasteiger partial charge in [0.2, 0.25) is 5.89 Å². The summed E-state index contributed by atoms with van der Waals surface area (Å²) < 4.78 is 79.9. The molecule has 1 N–H and O–H groups in total. The molecule has 14 heteroatoms. The molecule has 0 atom stereocenters. The van der Waals surface area contributed by atoms with Crippen LogP contribution in [-0.4, -0.2) is 28.7 Å². The Morgan fingerprint density at radius 2 is 1.66 bits per heavy atom. The fraction of sp³-hybridized carbons (Fsp3) is 0.0833. The van der Waals surface area contributed by atoms with Gasteiger partial charge in [0.05, 0.1) is 12.7 Å². The van der Waals surface area contributed by atoms with Crippen LogP contribution in [0.25, 0.3) is 33.2 Å². The number of furan rings is 1. The van der Waals surface area contributed by atoms with Gasteiger partial charge in [-0.25, -0.2) is 0 Å². The molecular formula is C24H16F5N3O5S. The first-order valence-corrected chi connectivity index (χ1v) is 12.7. The van der Waals surface area contributed by atoms with Crippen molar-refractivity contribution in [2.24, 2.45) is 0 Å². The van der Waals surface area contributed by atoms with Crippen LogP contribution in [0.1, 0.15) is 5.56 Å². The number of benzene rings is 3. The highest BCUT2D eigenvalue weighted by atomic mass is 32.5. The van der Waals surface area contributed by atoms with Crippen molar-refractivity contribution in [1.29, 1.82) is 0 Å². The molecule has 1 amide bonds. The summed E-state index contributed by atoms with van der Waals surface area (Å²) in [4.78, 5) is 22.4. The van der Waals surface area contributed by atoms with Crippen LogP contribution < -0.4 is 5.32 Å². The van der Waals surface area contributed by atoms with E-state index in [9.17, 15) is 29.0 Å². The molecule has 38 heavy (non-hydrogen) atoms. The van der Waals surface area contributed by atoms with Gasteiger partial charge in [0.1, 0.15) is 10.5 Å². The smallest absolute Gasteiger partial charge is 0.322 e. The molecule has 0 saturated heterocycles. The van der Waals surface area contributed by atoms with Crippen molar-refractivity contribution in [2.45, 2.75) is 11.3 Å². The summed E-state index contributed by atoms with van der Waals surface area (Å²) in [6.45, 7) is -0.689. The summed E-state index contributed by atoms with van der Waals surface area (Å²) in [5, 5.41) is 11.9. The van der Waals surface area contributed by atoms with Gasteiger partial charge in [-0.15, -0.1) is 5.10 Å². The minimum absolute atomic E-state index is 0.0881. The van der Waals surface area contributed by atoms with Crippen molar-refractivity contribution in [3.8, 4) is 11.5 Å². The summed E-state index contributed by atoms with van der Waals surface area (Å²) >= 11 is 0. The van der Waals surface area contributed by atoms with Crippen molar-refractivity contribution in [3.63, 3.8) is 0 Å². The third-order valence-corrected chi connectivity index (χ3v) is 6.62. The highest BCUT2D eigenvalue weighted by Gasteiger charge is 2.65. The fourth-order valence-corrected chi connectivity index (χ4v) is 4.41. The van der Waals surface area contributed by atoms with E-state index < -0.39 is 39.6 Å². The van der Waals surface area contributed by atoms with Gasteiger partial charge >= 0.3 is 22.2 Å². The summed E-state index contributed by atoms with van der Waals surface area (Å²) in [6, 6.07) is 12.7. The van der Waals surface area contributed by atoms with Crippen LogP contribution in [0.5, 0.6) is 0 Å². The lowest BCUT2D eigenvalue weighted by Gasteiger charge is -2.40. The first-order chi connectivity index (χ1) is 17.8. The molecule has 0 radical (unpaired) electrons. The predicted octanol–water partition coefficient (Wildman–Crippen LogP) is 7.02. The molecule has 0 bridgehead atoms. The van der Waals surface area contributed by atoms with E-state index in [-0.39, 0.29) is 30.0 Å². The zero-order chi connectivity index (χ0) is 27.2. The van der Waals surface area contributed by atoms with Gasteiger partial charge in [0, 0.05) is 16.5 Å². The Kier molecular flexibility index (Phi) is 5.49. The standard InChI is InChI=1S/C24H16F5N3O5S/c25-38(26,27,28,29)17-8-5-15(6-9-17)23-31-32-24(37-23)30-20(33)13-36-21(34)11-16-12-35-19-10-7-14-3-1-2-4-18(14)22(16)19/h1-10,12H,11,13H2,(H,30,32,33). The zero-order valence-corrected chi connectivity index (χ0v) is 19.8. The number of aromatic nitrogens is 2. The van der Waals surface area contributed by atoms with Crippen LogP contribution in [0, 0.1) is 0 Å². The fourth-order valence-electron chi connectivity index (χ4n) is 3.76. The third kappa shape index (κ3) is 5.29. The van der Waals surface area contributed by atoms with E-state index in [0.717, 1.165) is 28.3 Å². The van der Waals surface area contributed by atoms with Gasteiger partial charge in [-0.3, -0.25) is 14.9 Å². The Hall–Kier alpha value is -4.46. The highest BCUT2D eigenvalue weighted by molar-refractivity contribution is 8.45. The lowest BCUT2D eigenvalue weighted by atomic mass is 10.0. The van der Waals surface area contributed by atoms with Gasteiger partial charge in [-0.2, -0.15) is 0 Å². The van der Waals surface area contributed by atoms with Crippen molar-refractivity contribution < 1.29 is 42.6 Å². The van der Waals surface area contributed by atoms with E-state index in [4.69, 9.17) is 13.6 Å². The SMILES string of the molecule is O=C(COC(=O)Cc1coc2ccc3ccccc3c12)Nc1nnc(-c2ccc(S(F)(F)(F)(F)F)cc2)o1. The Morgan fingerprint density at radius 1 is 0.921 bits per heavy atom. The largest absolute Gasteiger partial charge is 0.464 e. The van der Waals surface area contributed by atoms with E-state index >= 15 is 0 Å². The summed E-state index contributed by atoms with van der Waals surface area (Å²) in [5.74, 6) is -1.86. The lowest BCUT2D eigenvalue weighted by molar-refractivity contribution is -0.146. The van der Waals surface area contributed by atoms with Gasteiger partial charge < -0.3 is 13.6 Å². The summed E-state index contributed by atoms with van der Waals surface area (Å²) in [7, 11) is -9.82. The van der Waals surface area contributed by atoms with Crippen LogP contribution in [0.4, 0.5) is 25.4 Å². The first-order valence-electron chi connectivity index (χ1n) is 10.8. The Labute approximate surface area is 210 Å². The molecule has 0 aliphatic heterocycles. The summed E-state index contributed by atoms with van der Waals surface area (Å²) in [5.41, 5.74) is 1.09. The number of nitrogens with zero attached hydrogens (tertiary/aromatic N) is 2. The van der Waals surface area contributed by atoms with Crippen LogP contribution >= 0.6 is 10.2 Å². The average molecular weight is 553 g/mol. The molecule has 2 heterocycles. The molecular weight excluding hydrogens is 537 g/mol. The monoisotopic (exact) mass is 553 g/mol. The number of hydrogen-bond donors (Lipinski definition) is 1. The molecule has 0 aliphatic rings. The second-order valence-electron chi connectivity index (χ2n) is 8.21. The quantitative estimate of drug-likeness (QED) is 0.171. The molecule has 3 aromatic carbocycles. The molecule has 0 fully saturated rings. The molecule has 5 rings (SSSR count). The molecule has 198 valence electrons. The maximum Gasteiger partial charge on any atom is 0.322 e. The number of ether oxygens (including phenoxy) is 1. The Balaban J connectivity index is 1.19. The number of fused-ring (bicyclic) bond motifs is 3. The number of anilines is 1. The van der Waals surface area contributed by atoms with Crippen molar-refractivity contribution in [1.82, 2.24) is 10.2 Å². The Bertz CT molecular complexity index is 1700. The van der Waals surface area contributed by atoms with Gasteiger partial charge in [0.25, 0.3) is 5.91 Å². The molecule has 2 aromatic heterocycles. The number of carbonyl (C=O) groups is 2. The minimum atomic E-state index is -9.82. The maximum atomic E-state index is 12.9. The summed E-state index contributed by atoms with van der Waals surface area (Å²) in [6.07, 6.45) is 1.29. The molecule has 0 spiro atoms. The van der Waals surface area contributed by atoms with Crippen molar-refractivity contribution in [3.05, 3.63) is 72.5 Å². The van der Waals surface area contributed by atoms with Crippen molar-refractivity contribution in [2.75, 3.05) is 11.9 Å². The minimum Gasteiger partial charge on any atom is -0.464 e. The van der Waals surface area contributed by atoms with Gasteiger partial charge in [-0.1, -0.05) is 54.9 Å². The number of hydrogen-bond acceptors (Lipinski definition) is 7. The number of nitrogens with one attached hydrogen (secondary N) is 1. The zero-order valence-electron chi connectivity index (χ0n) is 19.0. The molecule has 8 nitrogen and oxygen atoms in total. The van der Waals surface area contributed by atoms with Crippen LogP contribution in [0.15, 0.2) is 80.7 Å². The van der Waals surface area contributed by atoms with E-state index in [1.165, 1.54) is 6.26 Å². The lowest BCUT2D eigenvalue weighted by Crippen LogP contribution is -2.21. The van der Waals surface area contributed by atoms with Gasteiger partial charge in [0.15, 0.2) is 6.61 Å². The molecule has 0 saturated carbocycles. The highest BCUT2D eigenvalue weighted by Crippen LogP contribution is 3.02. The van der Waals surface area contributed by atoms with E-state index in [1.54, 1.807) is 6.07 Å². The van der Waals surface area contributed by atoms with Gasteiger partial charge in [-0.05, 0) is 41.1 Å². The van der Waals surface area contributed by atoms with E-state index in [2.05, 4.69) is 15.5 Å². The molecule has 5 aromatic rings. The molecule has 0 aliphatic carbocycles. The number of carbonyl (C=O) groups excluding carboxylic acids is 2. The van der Waals surface area contributed by atoms with Crippen LogP contribution in [0.3, 0.4) is 0 Å². The van der Waals surface area contributed by atoms with Crippen LogP contribution in [-0.2, 0) is 20.7 Å². The normalized spacial score (nSPS) is 13.7. The maximum absolute atomic E-state index is 12.9. The predicted molar refractivity (Wildman–Crippen MR) is 128 cm³/mol. The first kappa shape index (κ1) is 25.2. The second-order valence-corrected chi connectivity index (χ2v) is 10.6. The molecule has 0 unspecified atom stereocenters. The van der Waals surface area contributed by atoms with E-state index in [1.807, 2.05) is 30.3 Å². The van der Waals surface area contributed by atoms with Crippen LogP contribution in [0.2, 0.25) is 0 Å². The number of esters is 1. The second kappa shape index (κ2) is 8.28. The topological polar surface area (TPSA) is 107 Å². The van der Waals surface area contributed by atoms with Crippen molar-refractivity contribution >= 4 is 49.9 Å². The van der Waals surface area contributed by atoms with E-state index in [0.29, 0.717) is 11.1 Å².